The Morgan fingerprint density at radius 1 is 1.37 bits per heavy atom. The average Bonchev–Trinajstić information content (AvgIpc) is 2.67. The van der Waals surface area contributed by atoms with Gasteiger partial charge in [0.1, 0.15) is 5.03 Å². The number of nitrogens with zero attached hydrogens (tertiary/aromatic N) is 1. The van der Waals surface area contributed by atoms with Crippen molar-refractivity contribution in [1.82, 2.24) is 4.90 Å². The summed E-state index contributed by atoms with van der Waals surface area (Å²) in [5.41, 5.74) is 0. The monoisotopic (exact) mass is 305 g/mol. The van der Waals surface area contributed by atoms with Crippen LogP contribution in [0.5, 0.6) is 0 Å². The molecule has 0 aromatic rings. The summed E-state index contributed by atoms with van der Waals surface area (Å²) in [6.07, 6.45) is 3.53. The highest BCUT2D eigenvalue weighted by Gasteiger charge is 2.41. The van der Waals surface area contributed by atoms with Gasteiger partial charge in [-0.1, -0.05) is 36.0 Å². The van der Waals surface area contributed by atoms with E-state index in [4.69, 9.17) is 27.9 Å². The van der Waals surface area contributed by atoms with Gasteiger partial charge >= 0.3 is 5.97 Å². The number of esters is 1. The van der Waals surface area contributed by atoms with Crippen molar-refractivity contribution in [3.05, 3.63) is 10.1 Å². The fourth-order valence-electron chi connectivity index (χ4n) is 2.81. The van der Waals surface area contributed by atoms with Gasteiger partial charge in [-0.05, 0) is 19.8 Å². The summed E-state index contributed by atoms with van der Waals surface area (Å²) in [5, 5.41) is 0.440. The van der Waals surface area contributed by atoms with Gasteiger partial charge in [-0.25, -0.2) is 0 Å². The van der Waals surface area contributed by atoms with E-state index < -0.39 is 0 Å². The van der Waals surface area contributed by atoms with E-state index in [1.807, 2.05) is 0 Å². The average molecular weight is 306 g/mol. The van der Waals surface area contributed by atoms with Gasteiger partial charge in [0.25, 0.3) is 5.91 Å². The third-order valence-corrected chi connectivity index (χ3v) is 4.51. The summed E-state index contributed by atoms with van der Waals surface area (Å²) in [4.78, 5) is 25.7. The second-order valence-corrected chi connectivity index (χ2v) is 5.70. The molecule has 0 spiro atoms. The molecule has 106 valence electrons. The molecular weight excluding hydrogens is 289 g/mol. The minimum absolute atomic E-state index is 0.0786. The van der Waals surface area contributed by atoms with Gasteiger partial charge in [0.2, 0.25) is 0 Å². The largest absolute Gasteiger partial charge is 0.466 e. The van der Waals surface area contributed by atoms with Crippen LogP contribution < -0.4 is 0 Å². The number of carbonyl (C=O) groups is 2. The van der Waals surface area contributed by atoms with Crippen LogP contribution in [0.25, 0.3) is 0 Å². The van der Waals surface area contributed by atoms with Gasteiger partial charge in [-0.3, -0.25) is 9.59 Å². The molecule has 0 bridgehead atoms. The molecule has 0 aromatic carbocycles. The molecule has 6 heteroatoms. The standard InChI is InChI=1S/C13H17Cl2NO3/c1-2-19-13(18)8-5-3-4-6-10(8)16-7-9(14)11(15)12(16)17/h8,10H,2-7H2,1H3/t8-,10+/m1/s1. The van der Waals surface area contributed by atoms with Crippen molar-refractivity contribution in [3.8, 4) is 0 Å². The van der Waals surface area contributed by atoms with Gasteiger partial charge in [0.15, 0.2) is 0 Å². The molecule has 2 aliphatic rings. The van der Waals surface area contributed by atoms with Gasteiger partial charge in [-0.2, -0.15) is 0 Å². The van der Waals surface area contributed by atoms with Crippen molar-refractivity contribution < 1.29 is 14.3 Å². The van der Waals surface area contributed by atoms with Gasteiger partial charge in [0, 0.05) is 6.04 Å². The number of hydrogen-bond acceptors (Lipinski definition) is 3. The highest BCUT2D eigenvalue weighted by molar-refractivity contribution is 6.49. The smallest absolute Gasteiger partial charge is 0.311 e. The van der Waals surface area contributed by atoms with Crippen molar-refractivity contribution >= 4 is 35.1 Å². The Morgan fingerprint density at radius 3 is 2.63 bits per heavy atom. The summed E-state index contributed by atoms with van der Waals surface area (Å²) in [6, 6.07) is -0.148. The Labute approximate surface area is 122 Å². The molecule has 19 heavy (non-hydrogen) atoms. The predicted molar refractivity (Wildman–Crippen MR) is 72.8 cm³/mol. The summed E-state index contributed by atoms with van der Waals surface area (Å²) < 4.78 is 5.10. The van der Waals surface area contributed by atoms with Crippen LogP contribution in [0.1, 0.15) is 32.6 Å². The molecule has 1 aliphatic carbocycles. The maximum absolute atomic E-state index is 12.0. The number of rotatable bonds is 3. The Hall–Kier alpha value is -0.740. The van der Waals surface area contributed by atoms with Crippen LogP contribution in [0.15, 0.2) is 10.1 Å². The molecule has 0 saturated heterocycles. The van der Waals surface area contributed by atoms with Crippen LogP contribution in [0.2, 0.25) is 0 Å². The Balaban J connectivity index is 2.13. The van der Waals surface area contributed by atoms with Crippen molar-refractivity contribution in [2.75, 3.05) is 13.2 Å². The van der Waals surface area contributed by atoms with Gasteiger partial charge < -0.3 is 9.64 Å². The first-order valence-electron chi connectivity index (χ1n) is 6.58. The topological polar surface area (TPSA) is 46.6 Å². The maximum Gasteiger partial charge on any atom is 0.311 e. The number of amides is 1. The van der Waals surface area contributed by atoms with Crippen LogP contribution >= 0.6 is 23.2 Å². The van der Waals surface area contributed by atoms with E-state index in [-0.39, 0.29) is 28.9 Å². The highest BCUT2D eigenvalue weighted by atomic mass is 35.5. The molecule has 0 radical (unpaired) electrons. The van der Waals surface area contributed by atoms with Crippen molar-refractivity contribution in [3.63, 3.8) is 0 Å². The Bertz CT molecular complexity index is 422. The van der Waals surface area contributed by atoms with Gasteiger partial charge in [-0.15, -0.1) is 0 Å². The molecule has 4 nitrogen and oxygen atoms in total. The van der Waals surface area contributed by atoms with Crippen LogP contribution in [-0.2, 0) is 14.3 Å². The van der Waals surface area contributed by atoms with E-state index in [0.717, 1.165) is 25.7 Å². The SMILES string of the molecule is CCOC(=O)[C@@H]1CCCC[C@@H]1N1CC(Cl)=C(Cl)C1=O. The zero-order valence-corrected chi connectivity index (χ0v) is 12.3. The number of ether oxygens (including phenoxy) is 1. The summed E-state index contributed by atoms with van der Waals surface area (Å²) >= 11 is 11.8. The van der Waals surface area contributed by atoms with E-state index in [9.17, 15) is 9.59 Å². The van der Waals surface area contributed by atoms with Crippen LogP contribution in [0.3, 0.4) is 0 Å². The Morgan fingerprint density at radius 2 is 2.05 bits per heavy atom. The van der Waals surface area contributed by atoms with E-state index in [0.29, 0.717) is 18.2 Å². The number of carbonyl (C=O) groups excluding carboxylic acids is 2. The molecule has 1 heterocycles. The molecule has 0 unspecified atom stereocenters. The first kappa shape index (κ1) is 14.7. The Kier molecular flexibility index (Phi) is 4.74. The zero-order valence-electron chi connectivity index (χ0n) is 10.8. The molecule has 0 aromatic heterocycles. The molecular formula is C13H17Cl2NO3. The van der Waals surface area contributed by atoms with Gasteiger partial charge in [0.05, 0.1) is 24.1 Å². The third-order valence-electron chi connectivity index (χ3n) is 3.72. The second-order valence-electron chi connectivity index (χ2n) is 4.86. The van der Waals surface area contributed by atoms with E-state index >= 15 is 0 Å². The molecule has 1 amide bonds. The van der Waals surface area contributed by atoms with Crippen molar-refractivity contribution in [1.29, 1.82) is 0 Å². The zero-order chi connectivity index (χ0) is 14.0. The van der Waals surface area contributed by atoms with Crippen LogP contribution in [-0.4, -0.2) is 36.0 Å². The van der Waals surface area contributed by atoms with Crippen molar-refractivity contribution in [2.45, 2.75) is 38.6 Å². The molecule has 1 saturated carbocycles. The van der Waals surface area contributed by atoms with E-state index in [1.165, 1.54) is 0 Å². The summed E-state index contributed by atoms with van der Waals surface area (Å²) in [7, 11) is 0. The third kappa shape index (κ3) is 2.90. The predicted octanol–water partition coefficient (Wildman–Crippen LogP) is 2.64. The first-order chi connectivity index (χ1) is 9.06. The summed E-state index contributed by atoms with van der Waals surface area (Å²) in [6.45, 7) is 2.45. The van der Waals surface area contributed by atoms with Crippen molar-refractivity contribution in [2.24, 2.45) is 5.92 Å². The highest BCUT2D eigenvalue weighted by Crippen LogP contribution is 2.35. The second kappa shape index (κ2) is 6.14. The quantitative estimate of drug-likeness (QED) is 0.753. The minimum Gasteiger partial charge on any atom is -0.466 e. The number of hydrogen-bond donors (Lipinski definition) is 0. The molecule has 1 aliphatic heterocycles. The first-order valence-corrected chi connectivity index (χ1v) is 7.33. The molecule has 0 N–H and O–H groups in total. The molecule has 2 rings (SSSR count). The lowest BCUT2D eigenvalue weighted by Crippen LogP contribution is -2.47. The van der Waals surface area contributed by atoms with E-state index in [2.05, 4.69) is 0 Å². The van der Waals surface area contributed by atoms with Crippen LogP contribution in [0.4, 0.5) is 0 Å². The molecule has 2 atom stereocenters. The fourth-order valence-corrected chi connectivity index (χ4v) is 3.19. The normalized spacial score (nSPS) is 27.9. The fraction of sp³-hybridized carbons (Fsp3) is 0.692. The lowest BCUT2D eigenvalue weighted by Gasteiger charge is -2.36. The van der Waals surface area contributed by atoms with E-state index in [1.54, 1.807) is 11.8 Å². The van der Waals surface area contributed by atoms with Crippen LogP contribution in [0, 0.1) is 5.92 Å². The minimum atomic E-state index is -0.270. The number of halogens is 2. The lowest BCUT2D eigenvalue weighted by atomic mass is 9.83. The molecule has 1 fully saturated rings. The lowest BCUT2D eigenvalue weighted by molar-refractivity contribution is -0.152. The summed E-state index contributed by atoms with van der Waals surface area (Å²) in [5.74, 6) is -0.753. The maximum atomic E-state index is 12.0.